The highest BCUT2D eigenvalue weighted by Crippen LogP contribution is 2.22. The van der Waals surface area contributed by atoms with Crippen LogP contribution in [-0.2, 0) is 0 Å². The lowest BCUT2D eigenvalue weighted by Gasteiger charge is -2.13. The minimum Gasteiger partial charge on any atom is -0.392 e. The van der Waals surface area contributed by atoms with E-state index >= 15 is 0 Å². The number of rotatable bonds is 2. The number of hydrogen-bond acceptors (Lipinski definition) is 1. The van der Waals surface area contributed by atoms with E-state index in [0.29, 0.717) is 0 Å². The second-order valence-electron chi connectivity index (χ2n) is 2.50. The Morgan fingerprint density at radius 1 is 1.64 bits per heavy atom. The molecule has 11 heavy (non-hydrogen) atoms. The molecule has 1 heteroatoms. The average molecular weight is 148 g/mol. The van der Waals surface area contributed by atoms with Crippen molar-refractivity contribution in [1.29, 1.82) is 0 Å². The average Bonchev–Trinajstić information content (AvgIpc) is 2.04. The van der Waals surface area contributed by atoms with Gasteiger partial charge in [0.15, 0.2) is 0 Å². The summed E-state index contributed by atoms with van der Waals surface area (Å²) in [7, 11) is 0. The van der Waals surface area contributed by atoms with Crippen molar-refractivity contribution in [3.63, 3.8) is 0 Å². The molecule has 0 saturated heterocycles. The molecular formula is C10H12O. The summed E-state index contributed by atoms with van der Waals surface area (Å²) in [6.07, 6.45) is 6.59. The number of aliphatic hydroxyl groups is 1. The van der Waals surface area contributed by atoms with Crippen molar-refractivity contribution in [2.24, 2.45) is 0 Å². The molecule has 0 saturated carbocycles. The molecule has 1 aliphatic rings. The first-order chi connectivity index (χ1) is 5.29. The first-order valence-electron chi connectivity index (χ1n) is 3.60. The molecule has 0 aromatic rings. The van der Waals surface area contributed by atoms with Crippen LogP contribution >= 0.6 is 0 Å². The summed E-state index contributed by atoms with van der Waals surface area (Å²) in [5.41, 5.74) is 2.90. The van der Waals surface area contributed by atoms with Crippen LogP contribution in [0.2, 0.25) is 0 Å². The van der Waals surface area contributed by atoms with Crippen molar-refractivity contribution in [1.82, 2.24) is 0 Å². The van der Waals surface area contributed by atoms with Crippen LogP contribution in [-0.4, -0.2) is 11.7 Å². The maximum absolute atomic E-state index is 8.96. The van der Waals surface area contributed by atoms with Gasteiger partial charge in [-0.2, -0.15) is 0 Å². The van der Waals surface area contributed by atoms with Crippen molar-refractivity contribution in [3.8, 4) is 0 Å². The van der Waals surface area contributed by atoms with E-state index in [4.69, 9.17) is 5.11 Å². The van der Waals surface area contributed by atoms with Crippen molar-refractivity contribution < 1.29 is 5.11 Å². The lowest BCUT2D eigenvalue weighted by Crippen LogP contribution is -2.00. The molecule has 0 aromatic carbocycles. The van der Waals surface area contributed by atoms with Gasteiger partial charge in [0, 0.05) is 0 Å². The Balaban J connectivity index is 2.99. The van der Waals surface area contributed by atoms with Crippen LogP contribution in [0.3, 0.4) is 0 Å². The highest BCUT2D eigenvalue weighted by Gasteiger charge is 2.07. The van der Waals surface area contributed by atoms with Gasteiger partial charge < -0.3 is 5.11 Å². The molecule has 1 aliphatic carbocycles. The summed E-state index contributed by atoms with van der Waals surface area (Å²) in [5.74, 6) is 0. The van der Waals surface area contributed by atoms with E-state index in [1.54, 1.807) is 6.08 Å². The molecule has 1 rings (SSSR count). The van der Waals surface area contributed by atoms with E-state index in [9.17, 15) is 0 Å². The van der Waals surface area contributed by atoms with Crippen LogP contribution < -0.4 is 0 Å². The smallest absolute Gasteiger partial charge is 0.0690 e. The van der Waals surface area contributed by atoms with E-state index in [-0.39, 0.29) is 6.61 Å². The van der Waals surface area contributed by atoms with Gasteiger partial charge in [0.05, 0.1) is 6.61 Å². The molecule has 0 unspecified atom stereocenters. The standard InChI is InChI=1S/C10H12O/c1-3-9-6-4-5-8(2)10(9)7-11/h3-5,11H,1-2,6-7H2. The van der Waals surface area contributed by atoms with E-state index < -0.39 is 0 Å². The van der Waals surface area contributed by atoms with Crippen molar-refractivity contribution >= 4 is 0 Å². The number of hydrogen-bond donors (Lipinski definition) is 1. The van der Waals surface area contributed by atoms with E-state index in [2.05, 4.69) is 13.2 Å². The van der Waals surface area contributed by atoms with E-state index in [1.807, 2.05) is 12.2 Å². The summed E-state index contributed by atoms with van der Waals surface area (Å²) in [5, 5.41) is 8.96. The molecule has 0 radical (unpaired) electrons. The second-order valence-corrected chi connectivity index (χ2v) is 2.50. The van der Waals surface area contributed by atoms with Gasteiger partial charge in [0.2, 0.25) is 0 Å². The van der Waals surface area contributed by atoms with E-state index in [0.717, 1.165) is 23.1 Å². The summed E-state index contributed by atoms with van der Waals surface area (Å²) >= 11 is 0. The van der Waals surface area contributed by atoms with Crippen molar-refractivity contribution in [2.75, 3.05) is 6.61 Å². The zero-order chi connectivity index (χ0) is 8.27. The Morgan fingerprint density at radius 3 is 2.82 bits per heavy atom. The van der Waals surface area contributed by atoms with Gasteiger partial charge in [-0.3, -0.25) is 0 Å². The van der Waals surface area contributed by atoms with Gasteiger partial charge in [-0.05, 0) is 23.1 Å². The third-order valence-corrected chi connectivity index (χ3v) is 1.84. The molecule has 0 heterocycles. The van der Waals surface area contributed by atoms with E-state index in [1.165, 1.54) is 0 Å². The maximum Gasteiger partial charge on any atom is 0.0690 e. The highest BCUT2D eigenvalue weighted by atomic mass is 16.3. The third-order valence-electron chi connectivity index (χ3n) is 1.84. The van der Waals surface area contributed by atoms with Crippen molar-refractivity contribution in [2.45, 2.75) is 6.42 Å². The first-order valence-corrected chi connectivity index (χ1v) is 3.60. The summed E-state index contributed by atoms with van der Waals surface area (Å²) in [6, 6.07) is 0. The monoisotopic (exact) mass is 148 g/mol. The SMILES string of the molecule is C=CC1=C(CO)C(=C)C=CC1. The van der Waals surface area contributed by atoms with Gasteiger partial charge >= 0.3 is 0 Å². The predicted molar refractivity (Wildman–Crippen MR) is 47.2 cm³/mol. The van der Waals surface area contributed by atoms with Crippen LogP contribution in [0.5, 0.6) is 0 Å². The molecule has 1 N–H and O–H groups in total. The molecule has 0 fully saturated rings. The second kappa shape index (κ2) is 3.35. The van der Waals surface area contributed by atoms with Gasteiger partial charge in [-0.15, -0.1) is 0 Å². The molecule has 1 nitrogen and oxygen atoms in total. The fourth-order valence-corrected chi connectivity index (χ4v) is 1.17. The molecule has 0 bridgehead atoms. The molecule has 0 atom stereocenters. The fourth-order valence-electron chi connectivity index (χ4n) is 1.17. The molecule has 0 amide bonds. The normalized spacial score (nSPS) is 17.4. The van der Waals surface area contributed by atoms with Gasteiger partial charge in [0.1, 0.15) is 0 Å². The third kappa shape index (κ3) is 1.49. The Hall–Kier alpha value is -1.08. The van der Waals surface area contributed by atoms with Crippen LogP contribution in [0, 0.1) is 0 Å². The summed E-state index contributed by atoms with van der Waals surface area (Å²) in [6.45, 7) is 7.55. The molecule has 58 valence electrons. The molecular weight excluding hydrogens is 136 g/mol. The van der Waals surface area contributed by atoms with Gasteiger partial charge in [0.25, 0.3) is 0 Å². The van der Waals surface area contributed by atoms with Crippen LogP contribution in [0.25, 0.3) is 0 Å². The topological polar surface area (TPSA) is 20.2 Å². The number of allylic oxidation sites excluding steroid dienone is 4. The quantitative estimate of drug-likeness (QED) is 0.634. The van der Waals surface area contributed by atoms with Gasteiger partial charge in [-0.25, -0.2) is 0 Å². The lowest BCUT2D eigenvalue weighted by atomic mass is 9.94. The van der Waals surface area contributed by atoms with Crippen molar-refractivity contribution in [3.05, 3.63) is 48.1 Å². The zero-order valence-electron chi connectivity index (χ0n) is 6.51. The summed E-state index contributed by atoms with van der Waals surface area (Å²) < 4.78 is 0. The Labute approximate surface area is 67.1 Å². The Morgan fingerprint density at radius 2 is 2.36 bits per heavy atom. The van der Waals surface area contributed by atoms with Crippen LogP contribution in [0.1, 0.15) is 6.42 Å². The molecule has 0 spiro atoms. The minimum absolute atomic E-state index is 0.0600. The lowest BCUT2D eigenvalue weighted by molar-refractivity contribution is 0.332. The highest BCUT2D eigenvalue weighted by molar-refractivity contribution is 5.48. The summed E-state index contributed by atoms with van der Waals surface area (Å²) in [4.78, 5) is 0. The van der Waals surface area contributed by atoms with Gasteiger partial charge in [-0.1, -0.05) is 31.4 Å². The predicted octanol–water partition coefficient (Wildman–Crippen LogP) is 1.98. The van der Waals surface area contributed by atoms with Crippen LogP contribution in [0.15, 0.2) is 48.1 Å². The first kappa shape index (κ1) is 8.02. The largest absolute Gasteiger partial charge is 0.392 e. The molecule has 0 aliphatic heterocycles. The Kier molecular flexibility index (Phi) is 2.44. The Bertz CT molecular complexity index is 244. The minimum atomic E-state index is 0.0600. The maximum atomic E-state index is 8.96. The number of aliphatic hydroxyl groups excluding tert-OH is 1. The van der Waals surface area contributed by atoms with Crippen LogP contribution in [0.4, 0.5) is 0 Å². The molecule has 0 aromatic heterocycles. The zero-order valence-corrected chi connectivity index (χ0v) is 6.51. The fraction of sp³-hybridized carbons (Fsp3) is 0.200.